The zero-order chi connectivity index (χ0) is 16.9. The van der Waals surface area contributed by atoms with Crippen LogP contribution in [0.4, 0.5) is 0 Å². The first kappa shape index (κ1) is 15.6. The van der Waals surface area contributed by atoms with Crippen LogP contribution in [0, 0.1) is 22.7 Å². The monoisotopic (exact) mass is 304 g/mol. The second-order valence-corrected chi connectivity index (χ2v) is 8.11. The molecule has 0 aromatic rings. The van der Waals surface area contributed by atoms with Gasteiger partial charge in [0, 0.05) is 17.3 Å². The molecular formula is C18H24O4. The molecule has 22 heavy (non-hydrogen) atoms. The minimum absolute atomic E-state index is 0.233. The van der Waals surface area contributed by atoms with E-state index in [1.807, 2.05) is 32.9 Å². The van der Waals surface area contributed by atoms with Crippen LogP contribution in [-0.2, 0) is 9.59 Å². The van der Waals surface area contributed by atoms with E-state index in [-0.39, 0.29) is 11.6 Å². The van der Waals surface area contributed by atoms with Gasteiger partial charge >= 0.3 is 0 Å². The first-order valence-electron chi connectivity index (χ1n) is 7.75. The van der Waals surface area contributed by atoms with Gasteiger partial charge in [0.15, 0.2) is 11.6 Å². The lowest BCUT2D eigenvalue weighted by Crippen LogP contribution is -2.74. The zero-order valence-corrected chi connectivity index (χ0v) is 14.0. The van der Waals surface area contributed by atoms with Gasteiger partial charge in [0.05, 0.1) is 5.41 Å². The van der Waals surface area contributed by atoms with Crippen LogP contribution in [0.25, 0.3) is 0 Å². The molecule has 4 nitrogen and oxygen atoms in total. The average Bonchev–Trinajstić information content (AvgIpc) is 2.37. The molecule has 0 aromatic carbocycles. The molecule has 1 fully saturated rings. The van der Waals surface area contributed by atoms with Crippen LogP contribution in [0.5, 0.6) is 0 Å². The number of hydrogen-bond acceptors (Lipinski definition) is 4. The van der Waals surface area contributed by atoms with E-state index in [1.165, 1.54) is 13.8 Å². The lowest BCUT2D eigenvalue weighted by Gasteiger charge is -2.66. The van der Waals surface area contributed by atoms with E-state index in [4.69, 9.17) is 0 Å². The molecule has 4 aliphatic rings. The third-order valence-corrected chi connectivity index (χ3v) is 6.58. The predicted octanol–water partition coefficient (Wildman–Crippen LogP) is 1.80. The maximum absolute atomic E-state index is 12.9. The second-order valence-electron chi connectivity index (χ2n) is 8.11. The van der Waals surface area contributed by atoms with Gasteiger partial charge in [-0.15, -0.1) is 0 Å². The highest BCUT2D eigenvalue weighted by molar-refractivity contribution is 6.05. The summed E-state index contributed by atoms with van der Waals surface area (Å²) in [5, 5.41) is 21.9. The molecule has 0 spiro atoms. The molecule has 0 radical (unpaired) electrons. The summed E-state index contributed by atoms with van der Waals surface area (Å²) in [6, 6.07) is 0. The van der Waals surface area contributed by atoms with E-state index >= 15 is 0 Å². The average molecular weight is 304 g/mol. The molecule has 1 saturated carbocycles. The summed E-state index contributed by atoms with van der Waals surface area (Å²) in [6.45, 7) is 10.3. The quantitative estimate of drug-likeness (QED) is 0.669. The summed E-state index contributed by atoms with van der Waals surface area (Å²) >= 11 is 0. The van der Waals surface area contributed by atoms with Crippen molar-refractivity contribution in [2.75, 3.05) is 0 Å². The van der Waals surface area contributed by atoms with Crippen molar-refractivity contribution in [2.24, 2.45) is 22.7 Å². The lowest BCUT2D eigenvalue weighted by molar-refractivity contribution is -0.203. The van der Waals surface area contributed by atoms with Crippen molar-refractivity contribution in [1.82, 2.24) is 0 Å². The Morgan fingerprint density at radius 2 is 1.50 bits per heavy atom. The molecule has 2 N–H and O–H groups in total. The first-order valence-corrected chi connectivity index (χ1v) is 7.75. The van der Waals surface area contributed by atoms with Crippen molar-refractivity contribution in [3.8, 4) is 0 Å². The van der Waals surface area contributed by atoms with Gasteiger partial charge in [0.1, 0.15) is 11.2 Å². The number of fused-ring (bicyclic) bond motifs is 1. The van der Waals surface area contributed by atoms with Crippen LogP contribution in [0.2, 0.25) is 0 Å². The maximum Gasteiger partial charge on any atom is 0.189 e. The van der Waals surface area contributed by atoms with Crippen molar-refractivity contribution in [3.05, 3.63) is 23.3 Å². The van der Waals surface area contributed by atoms with Gasteiger partial charge in [-0.25, -0.2) is 0 Å². The standard InChI is InChI=1S/C18H24O4/c1-9-7-16(4)14(20)17(5,21)11(9)12-15(16,3)8-10(2)13(19)18(12,6)22/h7-8,11-12,21-22H,1-6H3/t11-,12+,15+,16-,17-,18+/m0/s1. The molecule has 6 atom stereocenters. The van der Waals surface area contributed by atoms with Gasteiger partial charge in [0.2, 0.25) is 0 Å². The number of ketones is 2. The lowest BCUT2D eigenvalue weighted by atomic mass is 9.37. The van der Waals surface area contributed by atoms with Crippen LogP contribution in [0.1, 0.15) is 41.5 Å². The molecule has 2 bridgehead atoms. The number of Topliss-reactive ketones (excluding diaryl/α,β-unsaturated/α-hetero) is 2. The van der Waals surface area contributed by atoms with E-state index in [1.54, 1.807) is 6.92 Å². The minimum atomic E-state index is -1.60. The summed E-state index contributed by atoms with van der Waals surface area (Å²) in [5.74, 6) is -1.64. The number of allylic oxidation sites excluding steroid dienone is 2. The van der Waals surface area contributed by atoms with E-state index in [0.29, 0.717) is 5.57 Å². The Balaban J connectivity index is 2.41. The van der Waals surface area contributed by atoms with Crippen molar-refractivity contribution in [3.63, 3.8) is 0 Å². The van der Waals surface area contributed by atoms with Gasteiger partial charge in [-0.2, -0.15) is 0 Å². The normalized spacial score (nSPS) is 54.0. The fourth-order valence-corrected chi connectivity index (χ4v) is 5.58. The Morgan fingerprint density at radius 1 is 0.955 bits per heavy atom. The van der Waals surface area contributed by atoms with E-state index < -0.39 is 33.9 Å². The maximum atomic E-state index is 12.9. The Kier molecular flexibility index (Phi) is 2.70. The molecule has 4 rings (SSSR count). The number of carbonyl (C=O) groups is 2. The fourth-order valence-electron chi connectivity index (χ4n) is 5.58. The highest BCUT2D eigenvalue weighted by atomic mass is 16.3. The number of hydrogen-bond donors (Lipinski definition) is 2. The Morgan fingerprint density at radius 3 is 2.05 bits per heavy atom. The highest BCUT2D eigenvalue weighted by Crippen LogP contribution is 2.67. The number of rotatable bonds is 0. The fraction of sp³-hybridized carbons (Fsp3) is 0.667. The van der Waals surface area contributed by atoms with Gasteiger partial charge in [-0.05, 0) is 40.2 Å². The Labute approximate surface area is 130 Å². The van der Waals surface area contributed by atoms with Gasteiger partial charge in [0.25, 0.3) is 0 Å². The van der Waals surface area contributed by atoms with Gasteiger partial charge in [-0.1, -0.05) is 24.6 Å². The molecule has 0 saturated heterocycles. The summed E-state index contributed by atoms with van der Waals surface area (Å²) < 4.78 is 0. The van der Waals surface area contributed by atoms with Crippen LogP contribution in [0.3, 0.4) is 0 Å². The molecule has 0 heterocycles. The van der Waals surface area contributed by atoms with E-state index in [9.17, 15) is 19.8 Å². The van der Waals surface area contributed by atoms with Crippen LogP contribution >= 0.6 is 0 Å². The van der Waals surface area contributed by atoms with Crippen LogP contribution in [-0.4, -0.2) is 33.0 Å². The summed E-state index contributed by atoms with van der Waals surface area (Å²) in [7, 11) is 0. The second kappa shape index (κ2) is 3.80. The topological polar surface area (TPSA) is 74.6 Å². The van der Waals surface area contributed by atoms with E-state index in [2.05, 4.69) is 0 Å². The van der Waals surface area contributed by atoms with Crippen molar-refractivity contribution in [1.29, 1.82) is 0 Å². The molecule has 4 heteroatoms. The molecule has 0 aliphatic heterocycles. The molecule has 0 aromatic heterocycles. The van der Waals surface area contributed by atoms with E-state index in [0.717, 1.165) is 5.57 Å². The minimum Gasteiger partial charge on any atom is -0.382 e. The SMILES string of the molecule is CC1=C[C@]2(C)[C@@H]([C@@H]3C(C)=C[C@@]2(C)C(=O)[C@@]3(C)O)[C@@](C)(O)C1=O. The highest BCUT2D eigenvalue weighted by Gasteiger charge is 2.73. The summed E-state index contributed by atoms with van der Waals surface area (Å²) in [6.07, 6.45) is 3.76. The van der Waals surface area contributed by atoms with Gasteiger partial charge < -0.3 is 10.2 Å². The van der Waals surface area contributed by atoms with Crippen molar-refractivity contribution >= 4 is 11.6 Å². The Bertz CT molecular complexity index is 667. The smallest absolute Gasteiger partial charge is 0.189 e. The third-order valence-electron chi connectivity index (χ3n) is 6.58. The number of aliphatic hydroxyl groups is 2. The van der Waals surface area contributed by atoms with Crippen molar-refractivity contribution < 1.29 is 19.8 Å². The molecular weight excluding hydrogens is 280 g/mol. The molecule has 0 amide bonds. The molecule has 120 valence electrons. The van der Waals surface area contributed by atoms with Crippen molar-refractivity contribution in [2.45, 2.75) is 52.7 Å². The predicted molar refractivity (Wildman–Crippen MR) is 82.0 cm³/mol. The summed E-state index contributed by atoms with van der Waals surface area (Å²) in [4.78, 5) is 25.5. The number of carbonyl (C=O) groups excluding carboxylic acids is 2. The molecule has 4 aliphatic carbocycles. The first-order chi connectivity index (χ1) is 9.82. The zero-order valence-electron chi connectivity index (χ0n) is 14.0. The van der Waals surface area contributed by atoms with Crippen LogP contribution in [0.15, 0.2) is 23.3 Å². The van der Waals surface area contributed by atoms with Crippen LogP contribution < -0.4 is 0 Å². The molecule has 0 unspecified atom stereocenters. The summed E-state index contributed by atoms with van der Waals surface area (Å²) in [5.41, 5.74) is -3.45. The largest absolute Gasteiger partial charge is 0.382 e. The Hall–Kier alpha value is -1.26. The van der Waals surface area contributed by atoms with Gasteiger partial charge in [-0.3, -0.25) is 9.59 Å². The third kappa shape index (κ3) is 1.36.